The number of hydrogen-bond donors (Lipinski definition) is 1. The Bertz CT molecular complexity index is 1110. The molecule has 1 aliphatic heterocycles. The van der Waals surface area contributed by atoms with Crippen LogP contribution in [0, 0.1) is 12.7 Å². The molecule has 0 radical (unpaired) electrons. The van der Waals surface area contributed by atoms with Crippen molar-refractivity contribution in [2.75, 3.05) is 32.6 Å². The van der Waals surface area contributed by atoms with Crippen molar-refractivity contribution in [2.45, 2.75) is 25.8 Å². The van der Waals surface area contributed by atoms with E-state index in [4.69, 9.17) is 9.47 Å². The van der Waals surface area contributed by atoms with E-state index in [0.717, 1.165) is 35.1 Å². The molecule has 2 aromatic carbocycles. The van der Waals surface area contributed by atoms with Gasteiger partial charge in [-0.15, -0.1) is 0 Å². The fourth-order valence-electron chi connectivity index (χ4n) is 4.05. The van der Waals surface area contributed by atoms with Gasteiger partial charge in [0.15, 0.2) is 11.5 Å². The van der Waals surface area contributed by atoms with Crippen molar-refractivity contribution >= 4 is 22.5 Å². The van der Waals surface area contributed by atoms with Crippen LogP contribution in [0.1, 0.15) is 28.9 Å². The number of halogens is 1. The van der Waals surface area contributed by atoms with Gasteiger partial charge in [-0.3, -0.25) is 9.78 Å². The zero-order valence-corrected chi connectivity index (χ0v) is 17.9. The summed E-state index contributed by atoms with van der Waals surface area (Å²) in [5.74, 6) is 0.832. The number of aromatic nitrogens is 1. The summed E-state index contributed by atoms with van der Waals surface area (Å²) < 4.78 is 24.3. The van der Waals surface area contributed by atoms with Crippen LogP contribution in [-0.4, -0.2) is 49.1 Å². The van der Waals surface area contributed by atoms with Gasteiger partial charge in [-0.1, -0.05) is 0 Å². The molecular formula is C24H26FN3O3. The molecule has 0 bridgehead atoms. The Morgan fingerprint density at radius 1 is 1.06 bits per heavy atom. The highest BCUT2D eigenvalue weighted by atomic mass is 19.1. The number of carbonyl (C=O) groups excluding carboxylic acids is 1. The molecular weight excluding hydrogens is 397 g/mol. The van der Waals surface area contributed by atoms with Gasteiger partial charge in [0.2, 0.25) is 0 Å². The first-order chi connectivity index (χ1) is 15.0. The number of hydrogen-bond acceptors (Lipinski definition) is 5. The minimum absolute atomic E-state index is 0.0216. The molecule has 31 heavy (non-hydrogen) atoms. The van der Waals surface area contributed by atoms with E-state index in [1.54, 1.807) is 38.5 Å². The lowest BCUT2D eigenvalue weighted by atomic mass is 10.0. The van der Waals surface area contributed by atoms with Crippen LogP contribution in [0.15, 0.2) is 42.5 Å². The molecule has 1 N–H and O–H groups in total. The molecule has 0 atom stereocenters. The quantitative estimate of drug-likeness (QED) is 0.658. The van der Waals surface area contributed by atoms with Crippen LogP contribution in [0.5, 0.6) is 11.5 Å². The summed E-state index contributed by atoms with van der Waals surface area (Å²) in [6.45, 7) is 3.21. The van der Waals surface area contributed by atoms with Crippen molar-refractivity contribution in [1.29, 1.82) is 0 Å². The molecule has 6 nitrogen and oxygen atoms in total. The number of piperidine rings is 1. The largest absolute Gasteiger partial charge is 0.493 e. The number of anilines is 1. The van der Waals surface area contributed by atoms with E-state index in [-0.39, 0.29) is 17.8 Å². The second kappa shape index (κ2) is 8.79. The van der Waals surface area contributed by atoms with Gasteiger partial charge in [0.05, 0.1) is 19.7 Å². The van der Waals surface area contributed by atoms with Gasteiger partial charge >= 0.3 is 0 Å². The lowest BCUT2D eigenvalue weighted by Gasteiger charge is -2.33. The van der Waals surface area contributed by atoms with E-state index >= 15 is 0 Å². The van der Waals surface area contributed by atoms with Crippen LogP contribution in [0.25, 0.3) is 10.9 Å². The highest BCUT2D eigenvalue weighted by Crippen LogP contribution is 2.29. The second-order valence-electron chi connectivity index (χ2n) is 7.75. The molecule has 7 heteroatoms. The summed E-state index contributed by atoms with van der Waals surface area (Å²) in [5.41, 5.74) is 3.11. The molecule has 2 heterocycles. The standard InChI is InChI=1S/C24H26FN3O3/c1-15-12-21(19-14-17(25)5-6-20(19)26-15)27-18-8-10-28(11-9-18)24(29)16-4-7-22(30-2)23(13-16)31-3/h4-7,12-14,18H,8-11H2,1-3H3,(H,26,27). The molecule has 1 saturated heterocycles. The van der Waals surface area contributed by atoms with Crippen molar-refractivity contribution in [2.24, 2.45) is 0 Å². The molecule has 0 unspecified atom stereocenters. The Kier molecular flexibility index (Phi) is 5.93. The van der Waals surface area contributed by atoms with Crippen LogP contribution in [0.3, 0.4) is 0 Å². The third-order valence-corrected chi connectivity index (χ3v) is 5.67. The molecule has 162 valence electrons. The molecule has 0 saturated carbocycles. The van der Waals surface area contributed by atoms with E-state index in [9.17, 15) is 9.18 Å². The van der Waals surface area contributed by atoms with Crippen LogP contribution in [0.4, 0.5) is 10.1 Å². The first kappa shape index (κ1) is 20.9. The maximum Gasteiger partial charge on any atom is 0.253 e. The van der Waals surface area contributed by atoms with Crippen molar-refractivity contribution in [3.63, 3.8) is 0 Å². The minimum Gasteiger partial charge on any atom is -0.493 e. The number of pyridine rings is 1. The third-order valence-electron chi connectivity index (χ3n) is 5.67. The Morgan fingerprint density at radius 2 is 1.81 bits per heavy atom. The highest BCUT2D eigenvalue weighted by Gasteiger charge is 2.25. The van der Waals surface area contributed by atoms with E-state index < -0.39 is 0 Å². The van der Waals surface area contributed by atoms with Crippen LogP contribution in [0.2, 0.25) is 0 Å². The molecule has 1 amide bonds. The number of likely N-dealkylation sites (tertiary alicyclic amines) is 1. The van der Waals surface area contributed by atoms with Gasteiger partial charge in [-0.2, -0.15) is 0 Å². The fraction of sp³-hybridized carbons (Fsp3) is 0.333. The topological polar surface area (TPSA) is 63.7 Å². The van der Waals surface area contributed by atoms with E-state index in [1.165, 1.54) is 12.1 Å². The van der Waals surface area contributed by atoms with Crippen LogP contribution >= 0.6 is 0 Å². The summed E-state index contributed by atoms with van der Waals surface area (Å²) in [6, 6.07) is 12.0. The predicted molar refractivity (Wildman–Crippen MR) is 119 cm³/mol. The lowest BCUT2D eigenvalue weighted by molar-refractivity contribution is 0.0718. The minimum atomic E-state index is -0.281. The van der Waals surface area contributed by atoms with Crippen molar-refractivity contribution in [3.8, 4) is 11.5 Å². The fourth-order valence-corrected chi connectivity index (χ4v) is 4.05. The van der Waals surface area contributed by atoms with Crippen LogP contribution < -0.4 is 14.8 Å². The van der Waals surface area contributed by atoms with Gasteiger partial charge in [-0.25, -0.2) is 4.39 Å². The normalized spacial score (nSPS) is 14.5. The summed E-state index contributed by atoms with van der Waals surface area (Å²) in [4.78, 5) is 19.3. The molecule has 1 aromatic heterocycles. The molecule has 0 spiro atoms. The summed E-state index contributed by atoms with van der Waals surface area (Å²) in [5, 5.41) is 4.32. The van der Waals surface area contributed by atoms with Gasteiger partial charge in [0.25, 0.3) is 5.91 Å². The molecule has 0 aliphatic carbocycles. The zero-order chi connectivity index (χ0) is 22.0. The van der Waals surface area contributed by atoms with E-state index in [0.29, 0.717) is 30.2 Å². The number of carbonyl (C=O) groups is 1. The maximum absolute atomic E-state index is 13.8. The molecule has 1 aliphatic rings. The third kappa shape index (κ3) is 4.40. The average molecular weight is 423 g/mol. The number of fused-ring (bicyclic) bond motifs is 1. The van der Waals surface area contributed by atoms with Crippen molar-refractivity contribution in [3.05, 3.63) is 59.5 Å². The van der Waals surface area contributed by atoms with E-state index in [1.807, 2.05) is 17.9 Å². The summed E-state index contributed by atoms with van der Waals surface area (Å²) in [6.07, 6.45) is 1.61. The molecule has 4 rings (SSSR count). The molecule has 3 aromatic rings. The van der Waals surface area contributed by atoms with Gasteiger partial charge in [0, 0.05) is 41.5 Å². The SMILES string of the molecule is COc1ccc(C(=O)N2CCC(Nc3cc(C)nc4ccc(F)cc34)CC2)cc1OC. The Hall–Kier alpha value is -3.35. The van der Waals surface area contributed by atoms with Gasteiger partial charge in [-0.05, 0) is 62.2 Å². The first-order valence-corrected chi connectivity index (χ1v) is 10.3. The number of ether oxygens (including phenoxy) is 2. The smallest absolute Gasteiger partial charge is 0.253 e. The van der Waals surface area contributed by atoms with Crippen molar-refractivity contribution in [1.82, 2.24) is 9.88 Å². The van der Waals surface area contributed by atoms with E-state index in [2.05, 4.69) is 10.3 Å². The lowest BCUT2D eigenvalue weighted by Crippen LogP contribution is -2.42. The predicted octanol–water partition coefficient (Wildman–Crippen LogP) is 4.42. The highest BCUT2D eigenvalue weighted by molar-refractivity contribution is 5.95. The Balaban J connectivity index is 1.44. The average Bonchev–Trinajstić information content (AvgIpc) is 2.79. The maximum atomic E-state index is 13.8. The zero-order valence-electron chi connectivity index (χ0n) is 17.9. The number of nitrogens with one attached hydrogen (secondary N) is 1. The van der Waals surface area contributed by atoms with Crippen molar-refractivity contribution < 1.29 is 18.7 Å². The van der Waals surface area contributed by atoms with Crippen LogP contribution in [-0.2, 0) is 0 Å². The van der Waals surface area contributed by atoms with Gasteiger partial charge < -0.3 is 19.7 Å². The molecule has 1 fully saturated rings. The Morgan fingerprint density at radius 3 is 2.52 bits per heavy atom. The number of amides is 1. The summed E-state index contributed by atoms with van der Waals surface area (Å²) in [7, 11) is 3.12. The second-order valence-corrected chi connectivity index (χ2v) is 7.75. The Labute approximate surface area is 181 Å². The monoisotopic (exact) mass is 423 g/mol. The first-order valence-electron chi connectivity index (χ1n) is 10.3. The number of aryl methyl sites for hydroxylation is 1. The summed E-state index contributed by atoms with van der Waals surface area (Å²) >= 11 is 0. The number of benzene rings is 2. The van der Waals surface area contributed by atoms with Gasteiger partial charge in [0.1, 0.15) is 5.82 Å². The number of nitrogens with zero attached hydrogens (tertiary/aromatic N) is 2. The number of rotatable bonds is 5. The number of methoxy groups -OCH3 is 2.